The van der Waals surface area contributed by atoms with Gasteiger partial charge in [0.2, 0.25) is 0 Å². The monoisotopic (exact) mass is 308 g/mol. The van der Waals surface area contributed by atoms with Crippen LogP contribution in [0, 0.1) is 0 Å². The predicted octanol–water partition coefficient (Wildman–Crippen LogP) is 3.62. The van der Waals surface area contributed by atoms with Gasteiger partial charge in [-0.2, -0.15) is 0 Å². The van der Waals surface area contributed by atoms with Crippen LogP contribution in [-0.4, -0.2) is 54.2 Å². The molecular formula is C19H24N4. The Labute approximate surface area is 138 Å². The first-order chi connectivity index (χ1) is 11.2. The lowest BCUT2D eigenvalue weighted by atomic mass is 10.1. The predicted molar refractivity (Wildman–Crippen MR) is 98.2 cm³/mol. The first kappa shape index (κ1) is 15.6. The van der Waals surface area contributed by atoms with Crippen molar-refractivity contribution in [2.45, 2.75) is 6.92 Å². The van der Waals surface area contributed by atoms with Crippen LogP contribution in [0.25, 0.3) is 17.0 Å². The third-order valence-corrected chi connectivity index (χ3v) is 4.34. The van der Waals surface area contributed by atoms with Gasteiger partial charge in [-0.05, 0) is 25.6 Å². The summed E-state index contributed by atoms with van der Waals surface area (Å²) in [5, 5.41) is 0. The van der Waals surface area contributed by atoms with Gasteiger partial charge < -0.3 is 14.8 Å². The van der Waals surface area contributed by atoms with E-state index >= 15 is 0 Å². The van der Waals surface area contributed by atoms with Crippen LogP contribution in [0.1, 0.15) is 12.5 Å². The molecule has 0 radical (unpaired) electrons. The minimum Gasteiger partial charge on any atom is -0.369 e. The number of hydrogen-bond donors (Lipinski definition) is 1. The van der Waals surface area contributed by atoms with Crippen molar-refractivity contribution in [3.05, 3.63) is 48.5 Å². The summed E-state index contributed by atoms with van der Waals surface area (Å²) < 4.78 is 0. The number of piperazine rings is 1. The molecule has 4 heteroatoms. The Bertz CT molecular complexity index is 691. The minimum atomic E-state index is 0.885. The highest BCUT2D eigenvalue weighted by atomic mass is 15.3. The van der Waals surface area contributed by atoms with Crippen molar-refractivity contribution in [2.75, 3.05) is 33.2 Å². The topological polar surface area (TPSA) is 34.6 Å². The van der Waals surface area contributed by atoms with E-state index in [1.54, 1.807) is 0 Å². The van der Waals surface area contributed by atoms with Crippen LogP contribution >= 0.6 is 0 Å². The average molecular weight is 308 g/mol. The maximum atomic E-state index is 4.51. The number of aromatic amines is 1. The second-order valence-electron chi connectivity index (χ2n) is 5.94. The molecule has 2 heterocycles. The van der Waals surface area contributed by atoms with Crippen molar-refractivity contribution in [1.29, 1.82) is 0 Å². The summed E-state index contributed by atoms with van der Waals surface area (Å²) in [4.78, 5) is 12.6. The van der Waals surface area contributed by atoms with Crippen molar-refractivity contribution in [2.24, 2.45) is 4.99 Å². The van der Waals surface area contributed by atoms with Crippen LogP contribution in [0.2, 0.25) is 0 Å². The van der Waals surface area contributed by atoms with Gasteiger partial charge in [-0.25, -0.2) is 4.99 Å². The van der Waals surface area contributed by atoms with Crippen LogP contribution in [0.5, 0.6) is 0 Å². The van der Waals surface area contributed by atoms with Crippen LogP contribution in [0.3, 0.4) is 0 Å². The smallest absolute Gasteiger partial charge is 0.139 e. The summed E-state index contributed by atoms with van der Waals surface area (Å²) in [7, 11) is 2.16. The summed E-state index contributed by atoms with van der Waals surface area (Å²) >= 11 is 0. The van der Waals surface area contributed by atoms with Crippen LogP contribution in [0.4, 0.5) is 5.82 Å². The standard InChI is InChI=1S/C19H24N4/c1-4-20-19-17(15(2)23-12-10-22(3)11-13-23)14-18(21-19)16-8-6-5-7-9-16/h4-9,14,21H,2,10-13H2,1,3H3/b20-4-. The molecule has 1 aliphatic heterocycles. The van der Waals surface area contributed by atoms with Crippen molar-refractivity contribution in [3.8, 4) is 11.3 Å². The van der Waals surface area contributed by atoms with Gasteiger partial charge in [-0.15, -0.1) is 0 Å². The van der Waals surface area contributed by atoms with Gasteiger partial charge in [0.1, 0.15) is 5.82 Å². The van der Waals surface area contributed by atoms with Crippen molar-refractivity contribution < 1.29 is 0 Å². The fraction of sp³-hybridized carbons (Fsp3) is 0.316. The number of rotatable bonds is 4. The number of nitrogens with zero attached hydrogens (tertiary/aromatic N) is 3. The fourth-order valence-electron chi connectivity index (χ4n) is 2.91. The lowest BCUT2D eigenvalue weighted by Crippen LogP contribution is -2.43. The summed E-state index contributed by atoms with van der Waals surface area (Å²) in [5.74, 6) is 0.885. The number of aliphatic imine (C=N–C) groups is 1. The number of likely N-dealkylation sites (N-methyl/N-ethyl adjacent to an activating group) is 1. The molecule has 0 saturated carbocycles. The van der Waals surface area contributed by atoms with E-state index in [1.165, 1.54) is 0 Å². The lowest BCUT2D eigenvalue weighted by molar-refractivity contribution is 0.207. The highest BCUT2D eigenvalue weighted by Crippen LogP contribution is 2.32. The number of H-pyrrole nitrogens is 1. The van der Waals surface area contributed by atoms with Gasteiger partial charge in [-0.1, -0.05) is 36.9 Å². The zero-order chi connectivity index (χ0) is 16.2. The van der Waals surface area contributed by atoms with E-state index in [9.17, 15) is 0 Å². The zero-order valence-electron chi connectivity index (χ0n) is 13.9. The molecule has 0 amide bonds. The van der Waals surface area contributed by atoms with Crippen LogP contribution < -0.4 is 0 Å². The van der Waals surface area contributed by atoms with Crippen molar-refractivity contribution in [1.82, 2.24) is 14.8 Å². The third kappa shape index (κ3) is 3.37. The molecule has 0 aliphatic carbocycles. The van der Waals surface area contributed by atoms with Gasteiger partial charge in [0.15, 0.2) is 0 Å². The molecule has 1 N–H and O–H groups in total. The van der Waals surface area contributed by atoms with E-state index in [-0.39, 0.29) is 0 Å². The summed E-state index contributed by atoms with van der Waals surface area (Å²) in [5.41, 5.74) is 4.39. The van der Waals surface area contributed by atoms with Crippen LogP contribution in [-0.2, 0) is 0 Å². The van der Waals surface area contributed by atoms with E-state index in [1.807, 2.05) is 31.3 Å². The average Bonchev–Trinajstić information content (AvgIpc) is 3.00. The Morgan fingerprint density at radius 2 is 1.87 bits per heavy atom. The molecule has 1 aromatic heterocycles. The molecule has 0 atom stereocenters. The third-order valence-electron chi connectivity index (χ3n) is 4.34. The van der Waals surface area contributed by atoms with E-state index < -0.39 is 0 Å². The summed E-state index contributed by atoms with van der Waals surface area (Å²) in [6, 6.07) is 12.5. The van der Waals surface area contributed by atoms with Crippen LogP contribution in [0.15, 0.2) is 48.0 Å². The normalized spacial score (nSPS) is 16.2. The maximum absolute atomic E-state index is 4.51. The first-order valence-corrected chi connectivity index (χ1v) is 8.09. The molecular weight excluding hydrogens is 284 g/mol. The second kappa shape index (κ2) is 6.84. The second-order valence-corrected chi connectivity index (χ2v) is 5.94. The Balaban J connectivity index is 1.91. The minimum absolute atomic E-state index is 0.885. The van der Waals surface area contributed by atoms with Gasteiger partial charge in [0.05, 0.1) is 0 Å². The lowest BCUT2D eigenvalue weighted by Gasteiger charge is -2.35. The molecule has 1 aliphatic rings. The molecule has 0 unspecified atom stereocenters. The molecule has 2 aromatic rings. The van der Waals surface area contributed by atoms with Crippen molar-refractivity contribution >= 4 is 17.7 Å². The first-order valence-electron chi connectivity index (χ1n) is 8.09. The number of nitrogens with one attached hydrogen (secondary N) is 1. The molecule has 1 fully saturated rings. The summed E-state index contributed by atoms with van der Waals surface area (Å²) in [6.07, 6.45) is 1.82. The molecule has 120 valence electrons. The zero-order valence-corrected chi connectivity index (χ0v) is 13.9. The van der Waals surface area contributed by atoms with E-state index in [0.29, 0.717) is 0 Å². The van der Waals surface area contributed by atoms with Gasteiger partial charge >= 0.3 is 0 Å². The van der Waals surface area contributed by atoms with E-state index in [2.05, 4.69) is 51.6 Å². The van der Waals surface area contributed by atoms with Gasteiger partial charge in [-0.3, -0.25) is 0 Å². The molecule has 1 saturated heterocycles. The van der Waals surface area contributed by atoms with Gasteiger partial charge in [0, 0.05) is 49.3 Å². The molecule has 1 aromatic carbocycles. The SMILES string of the molecule is C=C(c1cc(-c2ccccc2)[nH]c1/N=C\C)N1CCN(C)CC1. The van der Waals surface area contributed by atoms with Gasteiger partial charge in [0.25, 0.3) is 0 Å². The quantitative estimate of drug-likeness (QED) is 0.875. The molecule has 4 nitrogen and oxygen atoms in total. The Morgan fingerprint density at radius 1 is 1.17 bits per heavy atom. The number of benzene rings is 1. The van der Waals surface area contributed by atoms with E-state index in [0.717, 1.165) is 54.5 Å². The molecule has 0 spiro atoms. The maximum Gasteiger partial charge on any atom is 0.139 e. The number of hydrogen-bond acceptors (Lipinski definition) is 3. The summed E-state index contributed by atoms with van der Waals surface area (Å²) in [6.45, 7) is 10.4. The molecule has 0 bridgehead atoms. The van der Waals surface area contributed by atoms with Crippen molar-refractivity contribution in [3.63, 3.8) is 0 Å². The van der Waals surface area contributed by atoms with E-state index in [4.69, 9.17) is 0 Å². The Morgan fingerprint density at radius 3 is 2.52 bits per heavy atom. The Kier molecular flexibility index (Phi) is 4.63. The largest absolute Gasteiger partial charge is 0.369 e. The molecule has 23 heavy (non-hydrogen) atoms. The number of aromatic nitrogens is 1. The fourth-order valence-corrected chi connectivity index (χ4v) is 2.91. The highest BCUT2D eigenvalue weighted by molar-refractivity contribution is 5.79. The highest BCUT2D eigenvalue weighted by Gasteiger charge is 2.19. The Hall–Kier alpha value is -2.33. The molecule has 3 rings (SSSR count).